The van der Waals surface area contributed by atoms with Gasteiger partial charge in [-0.3, -0.25) is 9.48 Å². The first-order valence-electron chi connectivity index (χ1n) is 13.1. The first-order chi connectivity index (χ1) is 17.7. The van der Waals surface area contributed by atoms with Crippen molar-refractivity contribution >= 4 is 23.1 Å². The molecular weight excluding hydrogens is 480 g/mol. The number of halogens is 2. The molecule has 1 aliphatic heterocycles. The summed E-state index contributed by atoms with van der Waals surface area (Å²) in [7, 11) is 0. The number of rotatable bonds is 6. The van der Waals surface area contributed by atoms with E-state index in [0.29, 0.717) is 36.4 Å². The first kappa shape index (κ1) is 25.6. The van der Waals surface area contributed by atoms with Gasteiger partial charge in [-0.05, 0) is 57.4 Å². The van der Waals surface area contributed by atoms with Gasteiger partial charge in [0.15, 0.2) is 11.3 Å². The molecule has 37 heavy (non-hydrogen) atoms. The van der Waals surface area contributed by atoms with E-state index in [-0.39, 0.29) is 30.9 Å². The van der Waals surface area contributed by atoms with Crippen molar-refractivity contribution in [2.45, 2.75) is 78.1 Å². The van der Waals surface area contributed by atoms with Crippen molar-refractivity contribution in [2.24, 2.45) is 11.8 Å². The summed E-state index contributed by atoms with van der Waals surface area (Å²) in [6.45, 7) is 9.83. The quantitative estimate of drug-likeness (QED) is 0.473. The molecule has 0 unspecified atom stereocenters. The summed E-state index contributed by atoms with van der Waals surface area (Å²) in [6, 6.07) is 1.90. The highest BCUT2D eigenvalue weighted by Gasteiger charge is 2.29. The van der Waals surface area contributed by atoms with Crippen LogP contribution < -0.4 is 10.2 Å². The molecule has 5 rings (SSSR count). The summed E-state index contributed by atoms with van der Waals surface area (Å²) in [6.07, 6.45) is 5.87. The number of carbonyl (C=O) groups is 1. The van der Waals surface area contributed by atoms with Crippen LogP contribution in [-0.4, -0.2) is 55.6 Å². The second-order valence-electron chi connectivity index (χ2n) is 10.7. The maximum Gasteiger partial charge on any atom is 0.284 e. The fraction of sp³-hybridized carbons (Fsp3) is 0.615. The third-order valence-electron chi connectivity index (χ3n) is 7.62. The molecule has 2 atom stereocenters. The van der Waals surface area contributed by atoms with Gasteiger partial charge in [-0.25, -0.2) is 18.3 Å². The van der Waals surface area contributed by atoms with Gasteiger partial charge < -0.3 is 15.0 Å². The molecule has 3 aromatic heterocycles. The van der Waals surface area contributed by atoms with E-state index in [1.54, 1.807) is 17.1 Å². The predicted molar refractivity (Wildman–Crippen MR) is 138 cm³/mol. The van der Waals surface area contributed by atoms with Gasteiger partial charge in [0.25, 0.3) is 12.3 Å². The van der Waals surface area contributed by atoms with Crippen LogP contribution in [0.4, 0.5) is 20.3 Å². The van der Waals surface area contributed by atoms with Gasteiger partial charge in [-0.2, -0.15) is 10.2 Å². The van der Waals surface area contributed by atoms with Gasteiger partial charge in [0, 0.05) is 26.9 Å². The van der Waals surface area contributed by atoms with Crippen molar-refractivity contribution in [1.29, 1.82) is 0 Å². The molecule has 0 radical (unpaired) electrons. The van der Waals surface area contributed by atoms with Crippen LogP contribution in [0.15, 0.2) is 24.7 Å². The topological polar surface area (TPSA) is 89.6 Å². The third kappa shape index (κ3) is 5.32. The van der Waals surface area contributed by atoms with Crippen LogP contribution in [0.25, 0.3) is 5.65 Å². The molecule has 1 saturated carbocycles. The highest BCUT2D eigenvalue weighted by molar-refractivity contribution is 6.08. The van der Waals surface area contributed by atoms with E-state index < -0.39 is 18.0 Å². The zero-order valence-corrected chi connectivity index (χ0v) is 21.8. The second-order valence-corrected chi connectivity index (χ2v) is 10.7. The van der Waals surface area contributed by atoms with E-state index in [0.717, 1.165) is 25.7 Å². The van der Waals surface area contributed by atoms with Gasteiger partial charge in [-0.1, -0.05) is 13.8 Å². The zero-order valence-electron chi connectivity index (χ0n) is 21.8. The highest BCUT2D eigenvalue weighted by atomic mass is 19.3. The molecule has 2 aliphatic rings. The lowest BCUT2D eigenvalue weighted by atomic mass is 9.80. The number of ether oxygens (including phenoxy) is 1. The summed E-state index contributed by atoms with van der Waals surface area (Å²) in [5, 5.41) is 11.1. The maximum absolute atomic E-state index is 13.9. The van der Waals surface area contributed by atoms with Gasteiger partial charge >= 0.3 is 0 Å². The lowest BCUT2D eigenvalue weighted by Gasteiger charge is -2.36. The monoisotopic (exact) mass is 517 g/mol. The lowest BCUT2D eigenvalue weighted by molar-refractivity contribution is -0.00545. The SMILES string of the molecule is CC(C)C1CCC(n2cc(NC(=O)c3cnn4ccc(N5C[C@@H](C)O[C@@H](C)C5)nc34)c(C(F)F)n2)CC1.[HH]. The Morgan fingerprint density at radius 1 is 1.16 bits per heavy atom. The summed E-state index contributed by atoms with van der Waals surface area (Å²) in [4.78, 5) is 20.0. The standard InChI is InChI=1S/C26H35F2N7O2.H2/c1-15(2)18-5-7-19(8-6-18)35-14-21(23(32-35)24(27)28)30-26(36)20-11-29-34-10-9-22(31-25(20)34)33-12-16(3)37-17(4)13-33;/h9-11,14-19,24H,5-8,12-13H2,1-4H3,(H,30,36);1H/t16-,17+,18?,19?;. The van der Waals surface area contributed by atoms with Crippen molar-refractivity contribution < 1.29 is 19.7 Å². The number of morpholine rings is 1. The van der Waals surface area contributed by atoms with Gasteiger partial charge in [0.1, 0.15) is 11.4 Å². The maximum atomic E-state index is 13.9. The van der Waals surface area contributed by atoms with Crippen LogP contribution in [0.5, 0.6) is 0 Å². The van der Waals surface area contributed by atoms with Gasteiger partial charge in [-0.15, -0.1) is 0 Å². The predicted octanol–water partition coefficient (Wildman–Crippen LogP) is 5.36. The molecule has 11 heteroatoms. The largest absolute Gasteiger partial charge is 0.372 e. The second kappa shape index (κ2) is 10.4. The average molecular weight is 518 g/mol. The van der Waals surface area contributed by atoms with Crippen LogP contribution in [0.1, 0.15) is 83.3 Å². The number of carbonyl (C=O) groups excluding carboxylic acids is 1. The Kier molecular flexibility index (Phi) is 7.15. The van der Waals surface area contributed by atoms with E-state index in [1.165, 1.54) is 10.7 Å². The molecule has 0 spiro atoms. The number of nitrogens with zero attached hydrogens (tertiary/aromatic N) is 6. The molecule has 202 valence electrons. The molecule has 1 N–H and O–H groups in total. The normalized spacial score (nSPS) is 24.8. The summed E-state index contributed by atoms with van der Waals surface area (Å²) < 4.78 is 36.7. The molecule has 0 aromatic carbocycles. The minimum Gasteiger partial charge on any atom is -0.372 e. The minimum atomic E-state index is -2.80. The Labute approximate surface area is 216 Å². The number of alkyl halides is 2. The van der Waals surface area contributed by atoms with Crippen molar-refractivity contribution in [2.75, 3.05) is 23.3 Å². The van der Waals surface area contributed by atoms with E-state index in [9.17, 15) is 13.6 Å². The Balaban J connectivity index is 0.00000336. The number of hydrogen-bond acceptors (Lipinski definition) is 6. The molecule has 1 amide bonds. The smallest absolute Gasteiger partial charge is 0.284 e. The Morgan fingerprint density at radius 3 is 2.51 bits per heavy atom. The molecule has 2 fully saturated rings. The summed E-state index contributed by atoms with van der Waals surface area (Å²) >= 11 is 0. The number of hydrogen-bond donors (Lipinski definition) is 1. The van der Waals surface area contributed by atoms with Crippen LogP contribution in [0.2, 0.25) is 0 Å². The minimum absolute atomic E-state index is 0. The van der Waals surface area contributed by atoms with E-state index in [2.05, 4.69) is 39.2 Å². The molecule has 1 saturated heterocycles. The van der Waals surface area contributed by atoms with Crippen LogP contribution in [0.3, 0.4) is 0 Å². The fourth-order valence-electron chi connectivity index (χ4n) is 5.63. The van der Waals surface area contributed by atoms with Crippen molar-refractivity contribution in [3.63, 3.8) is 0 Å². The number of fused-ring (bicyclic) bond motifs is 1. The van der Waals surface area contributed by atoms with Crippen molar-refractivity contribution in [3.8, 4) is 0 Å². The third-order valence-corrected chi connectivity index (χ3v) is 7.62. The first-order valence-corrected chi connectivity index (χ1v) is 13.1. The number of nitrogens with one attached hydrogen (secondary N) is 1. The molecule has 0 bridgehead atoms. The molecule has 3 aromatic rings. The summed E-state index contributed by atoms with van der Waals surface area (Å²) in [5.41, 5.74) is 0.180. The molecule has 1 aliphatic carbocycles. The van der Waals surface area contributed by atoms with E-state index >= 15 is 0 Å². The molecule has 9 nitrogen and oxygen atoms in total. The fourth-order valence-corrected chi connectivity index (χ4v) is 5.63. The zero-order chi connectivity index (χ0) is 26.3. The Hall–Kier alpha value is -3.08. The average Bonchev–Trinajstić information content (AvgIpc) is 3.47. The van der Waals surface area contributed by atoms with Gasteiger partial charge in [0.05, 0.1) is 30.1 Å². The van der Waals surface area contributed by atoms with E-state index in [1.807, 2.05) is 19.9 Å². The number of amides is 1. The Bertz CT molecular complexity index is 1250. The molecular formula is C26H37F2N7O2. The van der Waals surface area contributed by atoms with Crippen molar-refractivity contribution in [3.05, 3.63) is 35.9 Å². The van der Waals surface area contributed by atoms with Gasteiger partial charge in [0.2, 0.25) is 0 Å². The summed E-state index contributed by atoms with van der Waals surface area (Å²) in [5.74, 6) is 1.42. The number of anilines is 2. The number of aromatic nitrogens is 5. The van der Waals surface area contributed by atoms with Crippen LogP contribution >= 0.6 is 0 Å². The highest BCUT2D eigenvalue weighted by Crippen LogP contribution is 2.37. The lowest BCUT2D eigenvalue weighted by Crippen LogP contribution is -2.45. The molecule has 4 heterocycles. The van der Waals surface area contributed by atoms with Crippen LogP contribution in [-0.2, 0) is 4.74 Å². The van der Waals surface area contributed by atoms with Crippen LogP contribution in [0, 0.1) is 11.8 Å². The van der Waals surface area contributed by atoms with Crippen molar-refractivity contribution in [1.82, 2.24) is 24.4 Å². The Morgan fingerprint density at radius 2 is 1.86 bits per heavy atom. The van der Waals surface area contributed by atoms with E-state index in [4.69, 9.17) is 4.74 Å².